The Hall–Kier alpha value is -2.24. The van der Waals surface area contributed by atoms with Crippen LogP contribution in [0, 0.1) is 18.8 Å². The molecule has 0 radical (unpaired) electrons. The van der Waals surface area contributed by atoms with Crippen LogP contribution in [0.5, 0.6) is 0 Å². The maximum Gasteiger partial charge on any atom is 0.243 e. The number of tetrazole rings is 1. The number of rotatable bonds is 7. The number of nitrogens with one attached hydrogen (secondary N) is 1. The van der Waals surface area contributed by atoms with E-state index in [9.17, 15) is 4.79 Å². The van der Waals surface area contributed by atoms with E-state index in [1.165, 1.54) is 36.0 Å². The number of hydrogen-bond donors (Lipinski definition) is 1. The SMILES string of the molecule is Cc1ccc(Cc2nnn(CC(=O)NC(C3CC3)C3CC3)n2)cc1. The van der Waals surface area contributed by atoms with E-state index in [0.29, 0.717) is 30.1 Å². The summed E-state index contributed by atoms with van der Waals surface area (Å²) in [5.41, 5.74) is 2.38. The maximum absolute atomic E-state index is 12.3. The van der Waals surface area contributed by atoms with Gasteiger partial charge in [0, 0.05) is 12.5 Å². The van der Waals surface area contributed by atoms with Gasteiger partial charge in [-0.25, -0.2) is 0 Å². The fourth-order valence-corrected chi connectivity index (χ4v) is 3.19. The van der Waals surface area contributed by atoms with E-state index in [1.807, 2.05) is 0 Å². The molecule has 2 aromatic rings. The van der Waals surface area contributed by atoms with Crippen LogP contribution in [0.15, 0.2) is 24.3 Å². The van der Waals surface area contributed by atoms with E-state index in [4.69, 9.17) is 0 Å². The first-order valence-corrected chi connectivity index (χ1v) is 8.79. The largest absolute Gasteiger partial charge is 0.351 e. The summed E-state index contributed by atoms with van der Waals surface area (Å²) in [5, 5.41) is 15.6. The normalized spacial score (nSPS) is 17.2. The number of hydrogen-bond acceptors (Lipinski definition) is 4. The topological polar surface area (TPSA) is 72.7 Å². The molecule has 1 N–H and O–H groups in total. The van der Waals surface area contributed by atoms with Gasteiger partial charge in [-0.05, 0) is 55.2 Å². The van der Waals surface area contributed by atoms with E-state index in [0.717, 1.165) is 5.56 Å². The molecular weight excluding hydrogens is 302 g/mol. The summed E-state index contributed by atoms with van der Waals surface area (Å²) in [7, 11) is 0. The maximum atomic E-state index is 12.3. The molecule has 2 saturated carbocycles. The lowest BCUT2D eigenvalue weighted by Crippen LogP contribution is -2.40. The van der Waals surface area contributed by atoms with Gasteiger partial charge >= 0.3 is 0 Å². The standard InChI is InChI=1S/C18H23N5O/c1-12-2-4-13(5-3-12)10-16-20-22-23(21-16)11-17(24)19-18(14-6-7-14)15-8-9-15/h2-5,14-15,18H,6-11H2,1H3,(H,19,24). The Morgan fingerprint density at radius 3 is 2.50 bits per heavy atom. The van der Waals surface area contributed by atoms with Crippen molar-refractivity contribution >= 4 is 5.91 Å². The highest BCUT2D eigenvalue weighted by atomic mass is 16.2. The molecule has 1 aromatic heterocycles. The van der Waals surface area contributed by atoms with Gasteiger partial charge in [0.25, 0.3) is 0 Å². The van der Waals surface area contributed by atoms with Crippen molar-refractivity contribution in [1.82, 2.24) is 25.5 Å². The third kappa shape index (κ3) is 3.80. The minimum atomic E-state index is -0.00177. The Morgan fingerprint density at radius 2 is 1.88 bits per heavy atom. The molecule has 2 fully saturated rings. The van der Waals surface area contributed by atoms with Crippen LogP contribution in [0.25, 0.3) is 0 Å². The number of benzene rings is 1. The van der Waals surface area contributed by atoms with Crippen LogP contribution in [0.2, 0.25) is 0 Å². The van der Waals surface area contributed by atoms with Gasteiger partial charge in [-0.3, -0.25) is 4.79 Å². The average molecular weight is 325 g/mol. The van der Waals surface area contributed by atoms with Crippen LogP contribution in [0.3, 0.4) is 0 Å². The van der Waals surface area contributed by atoms with Gasteiger partial charge < -0.3 is 5.32 Å². The van der Waals surface area contributed by atoms with Gasteiger partial charge in [0.2, 0.25) is 5.91 Å². The Morgan fingerprint density at radius 1 is 1.21 bits per heavy atom. The van der Waals surface area contributed by atoms with Crippen molar-refractivity contribution in [3.63, 3.8) is 0 Å². The Kier molecular flexibility index (Phi) is 4.04. The van der Waals surface area contributed by atoms with Crippen LogP contribution >= 0.6 is 0 Å². The van der Waals surface area contributed by atoms with Gasteiger partial charge in [-0.1, -0.05) is 29.8 Å². The Labute approximate surface area is 141 Å². The molecule has 0 bridgehead atoms. The first-order chi connectivity index (χ1) is 11.7. The van der Waals surface area contributed by atoms with Crippen LogP contribution in [-0.4, -0.2) is 32.2 Å². The van der Waals surface area contributed by atoms with Crippen molar-refractivity contribution in [2.24, 2.45) is 11.8 Å². The van der Waals surface area contributed by atoms with Crippen molar-refractivity contribution in [2.75, 3.05) is 0 Å². The molecule has 1 heterocycles. The minimum Gasteiger partial charge on any atom is -0.351 e. The van der Waals surface area contributed by atoms with Gasteiger partial charge in [0.15, 0.2) is 5.82 Å². The predicted octanol–water partition coefficient (Wildman–Crippen LogP) is 1.88. The van der Waals surface area contributed by atoms with Crippen molar-refractivity contribution < 1.29 is 4.79 Å². The molecule has 2 aliphatic rings. The van der Waals surface area contributed by atoms with Crippen LogP contribution in [0.1, 0.15) is 42.6 Å². The minimum absolute atomic E-state index is 0.00177. The quantitative estimate of drug-likeness (QED) is 0.843. The summed E-state index contributed by atoms with van der Waals surface area (Å²) >= 11 is 0. The molecular formula is C18H23N5O. The summed E-state index contributed by atoms with van der Waals surface area (Å²) in [6.07, 6.45) is 5.65. The molecule has 6 nitrogen and oxygen atoms in total. The first kappa shape index (κ1) is 15.3. The highest BCUT2D eigenvalue weighted by molar-refractivity contribution is 5.76. The lowest BCUT2D eigenvalue weighted by molar-refractivity contribution is -0.123. The van der Waals surface area contributed by atoms with E-state index in [2.05, 4.69) is 51.9 Å². The summed E-state index contributed by atoms with van der Waals surface area (Å²) in [6, 6.07) is 8.65. The molecule has 6 heteroatoms. The molecule has 0 atom stereocenters. The third-order valence-corrected chi connectivity index (χ3v) is 4.85. The number of amides is 1. The molecule has 2 aliphatic carbocycles. The summed E-state index contributed by atoms with van der Waals surface area (Å²) in [5.74, 6) is 2.04. The molecule has 1 aromatic carbocycles. The Balaban J connectivity index is 1.32. The Bertz CT molecular complexity index is 703. The second-order valence-electron chi connectivity index (χ2n) is 7.17. The molecule has 0 spiro atoms. The summed E-state index contributed by atoms with van der Waals surface area (Å²) in [6.45, 7) is 2.21. The third-order valence-electron chi connectivity index (χ3n) is 4.85. The zero-order chi connectivity index (χ0) is 16.5. The van der Waals surface area contributed by atoms with Crippen LogP contribution in [0.4, 0.5) is 0 Å². The van der Waals surface area contributed by atoms with Gasteiger partial charge in [0.1, 0.15) is 6.54 Å². The lowest BCUT2D eigenvalue weighted by Gasteiger charge is -2.17. The molecule has 4 rings (SSSR count). The van der Waals surface area contributed by atoms with Gasteiger partial charge in [-0.15, -0.1) is 10.2 Å². The number of aryl methyl sites for hydroxylation is 1. The van der Waals surface area contributed by atoms with Crippen LogP contribution in [-0.2, 0) is 17.8 Å². The average Bonchev–Trinajstić information content (AvgIpc) is 3.47. The molecule has 1 amide bonds. The zero-order valence-corrected chi connectivity index (χ0v) is 14.0. The molecule has 0 saturated heterocycles. The molecule has 126 valence electrons. The monoisotopic (exact) mass is 325 g/mol. The van der Waals surface area contributed by atoms with Crippen molar-refractivity contribution in [3.05, 3.63) is 41.2 Å². The molecule has 0 unspecified atom stereocenters. The fraction of sp³-hybridized carbons (Fsp3) is 0.556. The van der Waals surface area contributed by atoms with Crippen molar-refractivity contribution in [3.8, 4) is 0 Å². The highest BCUT2D eigenvalue weighted by Gasteiger charge is 2.42. The highest BCUT2D eigenvalue weighted by Crippen LogP contribution is 2.44. The smallest absolute Gasteiger partial charge is 0.243 e. The van der Waals surface area contributed by atoms with E-state index >= 15 is 0 Å². The predicted molar refractivity (Wildman–Crippen MR) is 89.2 cm³/mol. The van der Waals surface area contributed by atoms with Crippen LogP contribution < -0.4 is 5.32 Å². The van der Waals surface area contributed by atoms with E-state index < -0.39 is 0 Å². The molecule has 24 heavy (non-hydrogen) atoms. The van der Waals surface area contributed by atoms with Gasteiger partial charge in [-0.2, -0.15) is 4.80 Å². The van der Waals surface area contributed by atoms with E-state index in [1.54, 1.807) is 0 Å². The summed E-state index contributed by atoms with van der Waals surface area (Å²) < 4.78 is 0. The number of nitrogens with zero attached hydrogens (tertiary/aromatic N) is 4. The first-order valence-electron chi connectivity index (χ1n) is 8.79. The number of aromatic nitrogens is 4. The lowest BCUT2D eigenvalue weighted by atomic mass is 10.1. The van der Waals surface area contributed by atoms with Gasteiger partial charge in [0.05, 0.1) is 0 Å². The molecule has 0 aliphatic heterocycles. The fourth-order valence-electron chi connectivity index (χ4n) is 3.19. The second kappa shape index (κ2) is 6.34. The van der Waals surface area contributed by atoms with Crippen molar-refractivity contribution in [2.45, 2.75) is 51.6 Å². The number of carbonyl (C=O) groups excluding carboxylic acids is 1. The zero-order valence-electron chi connectivity index (χ0n) is 14.0. The van der Waals surface area contributed by atoms with Crippen molar-refractivity contribution in [1.29, 1.82) is 0 Å². The second-order valence-corrected chi connectivity index (χ2v) is 7.17. The van der Waals surface area contributed by atoms with E-state index in [-0.39, 0.29) is 12.5 Å². The number of carbonyl (C=O) groups is 1. The summed E-state index contributed by atoms with van der Waals surface area (Å²) in [4.78, 5) is 13.7.